The molecule has 21 heavy (non-hydrogen) atoms. The number of anilines is 1. The molecule has 0 amide bonds. The van der Waals surface area contributed by atoms with Gasteiger partial charge in [0, 0.05) is 18.0 Å². The van der Waals surface area contributed by atoms with Crippen LogP contribution in [-0.2, 0) is 19.4 Å². The maximum absolute atomic E-state index is 5.42. The van der Waals surface area contributed by atoms with Gasteiger partial charge in [-0.2, -0.15) is 0 Å². The van der Waals surface area contributed by atoms with Crippen molar-refractivity contribution in [3.8, 4) is 5.88 Å². The number of ether oxygens (including phenoxy) is 1. The molecule has 0 N–H and O–H groups in total. The summed E-state index contributed by atoms with van der Waals surface area (Å²) in [7, 11) is 2.03. The van der Waals surface area contributed by atoms with Crippen LogP contribution in [0, 0.1) is 0 Å². The van der Waals surface area contributed by atoms with Gasteiger partial charge in [-0.15, -0.1) is 11.3 Å². The SMILES string of the molecule is CCOc1cc(N(C)Cc2nc3c(s2)CCCC3)ncn1. The zero-order chi connectivity index (χ0) is 14.7. The molecule has 1 aliphatic rings. The highest BCUT2D eigenvalue weighted by atomic mass is 32.1. The molecule has 0 bridgehead atoms. The van der Waals surface area contributed by atoms with Crippen LogP contribution in [0.1, 0.15) is 35.3 Å². The van der Waals surface area contributed by atoms with Gasteiger partial charge in [0.1, 0.15) is 17.2 Å². The molecule has 0 atom stereocenters. The van der Waals surface area contributed by atoms with Gasteiger partial charge in [-0.1, -0.05) is 0 Å². The molecule has 1 aliphatic carbocycles. The van der Waals surface area contributed by atoms with Crippen LogP contribution in [0.15, 0.2) is 12.4 Å². The monoisotopic (exact) mass is 304 g/mol. The van der Waals surface area contributed by atoms with Crippen LogP contribution in [0.2, 0.25) is 0 Å². The van der Waals surface area contributed by atoms with E-state index in [1.165, 1.54) is 34.8 Å². The van der Waals surface area contributed by atoms with Gasteiger partial charge in [0.2, 0.25) is 5.88 Å². The topological polar surface area (TPSA) is 51.1 Å². The standard InChI is InChI=1S/C15H20N4OS/c1-3-20-14-8-13(16-10-17-14)19(2)9-15-18-11-6-4-5-7-12(11)21-15/h8,10H,3-7,9H2,1-2H3. The van der Waals surface area contributed by atoms with E-state index < -0.39 is 0 Å². The van der Waals surface area contributed by atoms with Gasteiger partial charge < -0.3 is 9.64 Å². The van der Waals surface area contributed by atoms with Crippen LogP contribution in [0.25, 0.3) is 0 Å². The third-order valence-electron chi connectivity index (χ3n) is 3.57. The van der Waals surface area contributed by atoms with Crippen molar-refractivity contribution < 1.29 is 4.74 Å². The summed E-state index contributed by atoms with van der Waals surface area (Å²) in [4.78, 5) is 16.8. The van der Waals surface area contributed by atoms with Gasteiger partial charge in [0.15, 0.2) is 0 Å². The maximum atomic E-state index is 5.42. The molecule has 0 radical (unpaired) electrons. The molecule has 2 heterocycles. The molecule has 3 rings (SSSR count). The van der Waals surface area contributed by atoms with Gasteiger partial charge >= 0.3 is 0 Å². The summed E-state index contributed by atoms with van der Waals surface area (Å²) in [6.45, 7) is 3.34. The quantitative estimate of drug-likeness (QED) is 0.850. The lowest BCUT2D eigenvalue weighted by Gasteiger charge is -2.16. The summed E-state index contributed by atoms with van der Waals surface area (Å²) in [6.07, 6.45) is 6.45. The Hall–Kier alpha value is -1.69. The highest BCUT2D eigenvalue weighted by Crippen LogP contribution is 2.28. The second-order valence-corrected chi connectivity index (χ2v) is 6.36. The van der Waals surface area contributed by atoms with E-state index in [2.05, 4.69) is 14.9 Å². The minimum atomic E-state index is 0.610. The molecular formula is C15H20N4OS. The maximum Gasteiger partial charge on any atom is 0.218 e. The largest absolute Gasteiger partial charge is 0.478 e. The summed E-state index contributed by atoms with van der Waals surface area (Å²) in [5.74, 6) is 1.48. The summed E-state index contributed by atoms with van der Waals surface area (Å²) >= 11 is 1.85. The Labute approximate surface area is 129 Å². The Kier molecular flexibility index (Phi) is 4.34. The molecule has 0 aromatic carbocycles. The summed E-state index contributed by atoms with van der Waals surface area (Å²) in [5, 5.41) is 1.17. The van der Waals surface area contributed by atoms with Crippen molar-refractivity contribution in [1.29, 1.82) is 0 Å². The Morgan fingerprint density at radius 3 is 2.95 bits per heavy atom. The van der Waals surface area contributed by atoms with Crippen molar-refractivity contribution in [2.24, 2.45) is 0 Å². The smallest absolute Gasteiger partial charge is 0.218 e. The molecule has 6 heteroatoms. The van der Waals surface area contributed by atoms with E-state index in [1.54, 1.807) is 6.33 Å². The van der Waals surface area contributed by atoms with Gasteiger partial charge in [-0.05, 0) is 32.6 Å². The predicted octanol–water partition coefficient (Wildman–Crippen LogP) is 2.85. The minimum absolute atomic E-state index is 0.610. The second kappa shape index (κ2) is 6.39. The lowest BCUT2D eigenvalue weighted by molar-refractivity contribution is 0.326. The first-order chi connectivity index (χ1) is 10.3. The second-order valence-electron chi connectivity index (χ2n) is 5.19. The molecule has 0 spiro atoms. The zero-order valence-corrected chi connectivity index (χ0v) is 13.3. The number of rotatable bonds is 5. The summed E-state index contributed by atoms with van der Waals surface area (Å²) < 4.78 is 5.42. The Morgan fingerprint density at radius 2 is 2.14 bits per heavy atom. The van der Waals surface area contributed by atoms with Crippen LogP contribution in [-0.4, -0.2) is 28.6 Å². The Bertz CT molecular complexity index is 590. The van der Waals surface area contributed by atoms with Crippen LogP contribution in [0.4, 0.5) is 5.82 Å². The molecule has 0 fully saturated rings. The van der Waals surface area contributed by atoms with E-state index in [1.807, 2.05) is 31.4 Å². The molecule has 5 nitrogen and oxygen atoms in total. The fraction of sp³-hybridized carbons (Fsp3) is 0.533. The highest BCUT2D eigenvalue weighted by Gasteiger charge is 2.16. The predicted molar refractivity (Wildman–Crippen MR) is 84.1 cm³/mol. The van der Waals surface area contributed by atoms with E-state index in [0.717, 1.165) is 18.8 Å². The Morgan fingerprint density at radius 1 is 1.29 bits per heavy atom. The van der Waals surface area contributed by atoms with E-state index in [0.29, 0.717) is 12.5 Å². The molecule has 0 saturated heterocycles. The van der Waals surface area contributed by atoms with Gasteiger partial charge in [-0.3, -0.25) is 0 Å². The van der Waals surface area contributed by atoms with Crippen LogP contribution >= 0.6 is 11.3 Å². The number of hydrogen-bond donors (Lipinski definition) is 0. The molecule has 112 valence electrons. The molecule has 0 saturated carbocycles. The highest BCUT2D eigenvalue weighted by molar-refractivity contribution is 7.11. The number of aromatic nitrogens is 3. The molecule has 2 aromatic heterocycles. The third kappa shape index (κ3) is 3.32. The van der Waals surface area contributed by atoms with E-state index >= 15 is 0 Å². The van der Waals surface area contributed by atoms with Gasteiger partial charge in [0.05, 0.1) is 18.8 Å². The first-order valence-corrected chi connectivity index (χ1v) is 8.21. The molecule has 0 aliphatic heterocycles. The Balaban J connectivity index is 1.72. The average Bonchev–Trinajstić information content (AvgIpc) is 2.90. The summed E-state index contributed by atoms with van der Waals surface area (Å²) in [5.41, 5.74) is 1.31. The number of fused-ring (bicyclic) bond motifs is 1. The fourth-order valence-electron chi connectivity index (χ4n) is 2.52. The van der Waals surface area contributed by atoms with Crippen molar-refractivity contribution in [1.82, 2.24) is 15.0 Å². The van der Waals surface area contributed by atoms with Crippen LogP contribution in [0.5, 0.6) is 5.88 Å². The molecular weight excluding hydrogens is 284 g/mol. The first kappa shape index (κ1) is 14.3. The number of thiazole rings is 1. The fourth-order valence-corrected chi connectivity index (χ4v) is 3.73. The van der Waals surface area contributed by atoms with Gasteiger partial charge in [-0.25, -0.2) is 15.0 Å². The van der Waals surface area contributed by atoms with E-state index in [9.17, 15) is 0 Å². The van der Waals surface area contributed by atoms with Crippen molar-refractivity contribution in [2.45, 2.75) is 39.2 Å². The normalized spacial score (nSPS) is 13.8. The van der Waals surface area contributed by atoms with Crippen molar-refractivity contribution in [2.75, 3.05) is 18.6 Å². The van der Waals surface area contributed by atoms with Crippen LogP contribution in [0.3, 0.4) is 0 Å². The first-order valence-electron chi connectivity index (χ1n) is 7.39. The average molecular weight is 304 g/mol. The van der Waals surface area contributed by atoms with Crippen molar-refractivity contribution in [3.63, 3.8) is 0 Å². The lowest BCUT2D eigenvalue weighted by atomic mass is 10.0. The number of nitrogens with zero attached hydrogens (tertiary/aromatic N) is 4. The van der Waals surface area contributed by atoms with Crippen molar-refractivity contribution in [3.05, 3.63) is 28.0 Å². The number of hydrogen-bond acceptors (Lipinski definition) is 6. The van der Waals surface area contributed by atoms with E-state index in [-0.39, 0.29) is 0 Å². The number of aryl methyl sites for hydroxylation is 2. The summed E-state index contributed by atoms with van der Waals surface area (Å²) in [6, 6.07) is 1.87. The third-order valence-corrected chi connectivity index (χ3v) is 4.72. The molecule has 2 aromatic rings. The molecule has 0 unspecified atom stereocenters. The minimum Gasteiger partial charge on any atom is -0.478 e. The van der Waals surface area contributed by atoms with Gasteiger partial charge in [0.25, 0.3) is 0 Å². The zero-order valence-electron chi connectivity index (χ0n) is 12.5. The van der Waals surface area contributed by atoms with Crippen molar-refractivity contribution >= 4 is 17.2 Å². The lowest BCUT2D eigenvalue weighted by Crippen LogP contribution is -2.17. The van der Waals surface area contributed by atoms with Crippen LogP contribution < -0.4 is 9.64 Å². The van der Waals surface area contributed by atoms with E-state index in [4.69, 9.17) is 9.72 Å².